The van der Waals surface area contributed by atoms with Gasteiger partial charge in [-0.2, -0.15) is 0 Å². The normalized spacial score (nSPS) is 16.0. The summed E-state index contributed by atoms with van der Waals surface area (Å²) in [6.45, 7) is 5.63. The highest BCUT2D eigenvalue weighted by molar-refractivity contribution is 7.89. The van der Waals surface area contributed by atoms with E-state index in [1.54, 1.807) is 12.1 Å². The first-order valence-corrected chi connectivity index (χ1v) is 14.0. The molecule has 4 rings (SSSR count). The molecule has 0 fully saturated rings. The van der Waals surface area contributed by atoms with Crippen LogP contribution in [0.2, 0.25) is 0 Å². The van der Waals surface area contributed by atoms with E-state index < -0.39 is 10.0 Å². The maximum Gasteiger partial charge on any atom is 0.242 e. The first kappa shape index (κ1) is 25.4. The Balaban J connectivity index is 1.52. The molecule has 0 radical (unpaired) electrons. The molecule has 1 heterocycles. The van der Waals surface area contributed by atoms with E-state index in [2.05, 4.69) is 40.7 Å². The van der Waals surface area contributed by atoms with Crippen molar-refractivity contribution in [3.8, 4) is 0 Å². The molecule has 1 amide bonds. The average molecular weight is 497 g/mol. The summed E-state index contributed by atoms with van der Waals surface area (Å²) in [5, 5.41) is 0. The van der Waals surface area contributed by atoms with Crippen molar-refractivity contribution in [3.63, 3.8) is 0 Å². The molecule has 7 nitrogen and oxygen atoms in total. The van der Waals surface area contributed by atoms with Crippen LogP contribution >= 0.6 is 0 Å². The van der Waals surface area contributed by atoms with Crippen molar-refractivity contribution in [3.05, 3.63) is 59.4 Å². The second-order valence-corrected chi connectivity index (χ2v) is 11.6. The van der Waals surface area contributed by atoms with Crippen LogP contribution in [0.15, 0.2) is 47.4 Å². The van der Waals surface area contributed by atoms with Gasteiger partial charge in [-0.05, 0) is 61.9 Å². The molecule has 1 aliphatic carbocycles. The number of aryl methyl sites for hydroxylation is 3. The molecule has 0 saturated carbocycles. The Morgan fingerprint density at radius 2 is 1.86 bits per heavy atom. The average Bonchev–Trinajstić information content (AvgIpc) is 3.22. The Kier molecular flexibility index (Phi) is 7.62. The Hall–Kier alpha value is -2.71. The predicted molar refractivity (Wildman–Crippen MR) is 139 cm³/mol. The molecular formula is C27H36N4O3S. The number of rotatable bonds is 9. The van der Waals surface area contributed by atoms with Gasteiger partial charge in [-0.15, -0.1) is 0 Å². The van der Waals surface area contributed by atoms with Gasteiger partial charge in [-0.25, -0.2) is 17.7 Å². The number of amides is 1. The highest BCUT2D eigenvalue weighted by Crippen LogP contribution is 2.26. The maximum atomic E-state index is 13.4. The van der Waals surface area contributed by atoms with Gasteiger partial charge in [-0.3, -0.25) is 4.79 Å². The van der Waals surface area contributed by atoms with Crippen LogP contribution in [0.5, 0.6) is 0 Å². The number of fused-ring (bicyclic) bond motifs is 2. The van der Waals surface area contributed by atoms with Gasteiger partial charge in [0, 0.05) is 46.1 Å². The second-order valence-electron chi connectivity index (χ2n) is 9.46. The molecule has 1 atom stereocenters. The molecule has 8 heteroatoms. The van der Waals surface area contributed by atoms with Crippen molar-refractivity contribution in [2.24, 2.45) is 0 Å². The fourth-order valence-electron chi connectivity index (χ4n) is 5.13. The molecule has 1 aromatic heterocycles. The zero-order chi connectivity index (χ0) is 25.2. The molecule has 2 aromatic carbocycles. The first-order valence-electron chi connectivity index (χ1n) is 12.5. The summed E-state index contributed by atoms with van der Waals surface area (Å²) in [7, 11) is -0.488. The molecule has 0 saturated heterocycles. The van der Waals surface area contributed by atoms with Crippen LogP contribution in [0, 0.1) is 0 Å². The van der Waals surface area contributed by atoms with Crippen LogP contribution in [0.3, 0.4) is 0 Å². The van der Waals surface area contributed by atoms with Gasteiger partial charge in [0.25, 0.3) is 0 Å². The van der Waals surface area contributed by atoms with E-state index in [1.807, 2.05) is 13.0 Å². The molecule has 35 heavy (non-hydrogen) atoms. The number of benzene rings is 2. The largest absolute Gasteiger partial charge is 0.339 e. The third-order valence-electron chi connectivity index (χ3n) is 7.00. The molecule has 3 aromatic rings. The number of aromatic nitrogens is 2. The predicted octanol–water partition coefficient (Wildman–Crippen LogP) is 4.04. The number of carbonyl (C=O) groups excluding carboxylic acids is 1. The highest BCUT2D eigenvalue weighted by atomic mass is 32.2. The summed E-state index contributed by atoms with van der Waals surface area (Å²) in [6, 6.07) is 13.9. The summed E-state index contributed by atoms with van der Waals surface area (Å²) in [4.78, 5) is 20.4. The Bertz CT molecular complexity index is 1310. The minimum Gasteiger partial charge on any atom is -0.339 e. The second kappa shape index (κ2) is 10.5. The van der Waals surface area contributed by atoms with E-state index in [-0.39, 0.29) is 16.8 Å². The first-order chi connectivity index (χ1) is 16.8. The number of imidazole rings is 1. The van der Waals surface area contributed by atoms with Crippen LogP contribution < -0.4 is 0 Å². The SMILES string of the molecule is CCCN(C(=O)CCc1nc2cc(S(=O)(=O)N(C)C)ccc2n1CC)C1CCc2ccccc2C1. The summed E-state index contributed by atoms with van der Waals surface area (Å²) >= 11 is 0. The smallest absolute Gasteiger partial charge is 0.242 e. The molecule has 0 spiro atoms. The van der Waals surface area contributed by atoms with Gasteiger partial charge < -0.3 is 9.47 Å². The lowest BCUT2D eigenvalue weighted by atomic mass is 9.87. The fourth-order valence-corrected chi connectivity index (χ4v) is 6.06. The van der Waals surface area contributed by atoms with Gasteiger partial charge in [0.15, 0.2) is 0 Å². The Labute approximate surface area is 208 Å². The van der Waals surface area contributed by atoms with Gasteiger partial charge in [0.1, 0.15) is 5.82 Å². The van der Waals surface area contributed by atoms with E-state index in [9.17, 15) is 13.2 Å². The quantitative estimate of drug-likeness (QED) is 0.448. The third-order valence-corrected chi connectivity index (χ3v) is 8.81. The van der Waals surface area contributed by atoms with Gasteiger partial charge in [0.2, 0.25) is 15.9 Å². The molecule has 1 aliphatic rings. The van der Waals surface area contributed by atoms with Crippen molar-refractivity contribution >= 4 is 27.0 Å². The minimum atomic E-state index is -3.53. The molecule has 0 bridgehead atoms. The summed E-state index contributed by atoms with van der Waals surface area (Å²) < 4.78 is 28.4. The fraction of sp³-hybridized carbons (Fsp3) is 0.481. The van der Waals surface area contributed by atoms with E-state index in [0.717, 1.165) is 43.6 Å². The van der Waals surface area contributed by atoms with Crippen molar-refractivity contribution in [1.29, 1.82) is 0 Å². The van der Waals surface area contributed by atoms with Crippen molar-refractivity contribution < 1.29 is 13.2 Å². The van der Waals surface area contributed by atoms with E-state index in [0.29, 0.717) is 24.9 Å². The lowest BCUT2D eigenvalue weighted by Gasteiger charge is -2.35. The van der Waals surface area contributed by atoms with Crippen LogP contribution in [-0.4, -0.2) is 59.8 Å². The highest BCUT2D eigenvalue weighted by Gasteiger charge is 2.27. The number of sulfonamides is 1. The summed E-state index contributed by atoms with van der Waals surface area (Å²) in [6.07, 6.45) is 4.78. The standard InChI is InChI=1S/C27H36N4O3S/c1-5-17-31(22-12-11-20-9-7-8-10-21(20)18-22)27(32)16-15-26-28-24-19-23(35(33,34)29(3)4)13-14-25(24)30(26)6-2/h7-10,13-14,19,22H,5-6,11-12,15-18H2,1-4H3. The maximum absolute atomic E-state index is 13.4. The zero-order valence-corrected chi connectivity index (χ0v) is 22.0. The summed E-state index contributed by atoms with van der Waals surface area (Å²) in [5.41, 5.74) is 4.29. The topological polar surface area (TPSA) is 75.5 Å². The van der Waals surface area contributed by atoms with Crippen molar-refractivity contribution in [2.45, 2.75) is 69.9 Å². The van der Waals surface area contributed by atoms with Gasteiger partial charge in [-0.1, -0.05) is 31.2 Å². The number of nitrogens with zero attached hydrogens (tertiary/aromatic N) is 4. The van der Waals surface area contributed by atoms with Crippen molar-refractivity contribution in [1.82, 2.24) is 18.8 Å². The van der Waals surface area contributed by atoms with Crippen LogP contribution in [0.4, 0.5) is 0 Å². The lowest BCUT2D eigenvalue weighted by Crippen LogP contribution is -2.44. The number of hydrogen-bond acceptors (Lipinski definition) is 4. The van der Waals surface area contributed by atoms with Crippen LogP contribution in [0.1, 0.15) is 50.1 Å². The Morgan fingerprint density at radius 1 is 1.11 bits per heavy atom. The Morgan fingerprint density at radius 3 is 2.54 bits per heavy atom. The molecule has 0 aliphatic heterocycles. The monoisotopic (exact) mass is 496 g/mol. The van der Waals surface area contributed by atoms with E-state index in [1.165, 1.54) is 29.5 Å². The van der Waals surface area contributed by atoms with Crippen molar-refractivity contribution in [2.75, 3.05) is 20.6 Å². The molecule has 0 N–H and O–H groups in total. The molecule has 188 valence electrons. The number of carbonyl (C=O) groups is 1. The third kappa shape index (κ3) is 5.14. The van der Waals surface area contributed by atoms with Gasteiger partial charge in [0.05, 0.1) is 15.9 Å². The lowest BCUT2D eigenvalue weighted by molar-refractivity contribution is -0.133. The van der Waals surface area contributed by atoms with Crippen LogP contribution in [0.25, 0.3) is 11.0 Å². The summed E-state index contributed by atoms with van der Waals surface area (Å²) in [5.74, 6) is 0.988. The number of hydrogen-bond donors (Lipinski definition) is 0. The van der Waals surface area contributed by atoms with Crippen LogP contribution in [-0.2, 0) is 40.6 Å². The van der Waals surface area contributed by atoms with E-state index >= 15 is 0 Å². The van der Waals surface area contributed by atoms with Gasteiger partial charge >= 0.3 is 0 Å². The van der Waals surface area contributed by atoms with E-state index in [4.69, 9.17) is 4.98 Å². The molecular weight excluding hydrogens is 460 g/mol. The zero-order valence-electron chi connectivity index (χ0n) is 21.2. The minimum absolute atomic E-state index is 0.168. The molecule has 1 unspecified atom stereocenters.